The van der Waals surface area contributed by atoms with Gasteiger partial charge in [0, 0.05) is 0 Å². The summed E-state index contributed by atoms with van der Waals surface area (Å²) in [4.78, 5) is 21.1. The first-order chi connectivity index (χ1) is 6.43. The number of carbonyl (C=O) groups is 2. The lowest BCUT2D eigenvalue weighted by Crippen LogP contribution is -2.07. The van der Waals surface area contributed by atoms with Gasteiger partial charge in [0.15, 0.2) is 11.5 Å². The number of phenols is 2. The normalized spacial score (nSPS) is 9.71. The third kappa shape index (κ3) is 1.58. The van der Waals surface area contributed by atoms with Crippen LogP contribution < -0.4 is 0 Å². The summed E-state index contributed by atoms with van der Waals surface area (Å²) in [5.41, 5.74) is -1.15. The maximum Gasteiger partial charge on any atom is 0.336 e. The number of hydrogen-bond acceptors (Lipinski definition) is 4. The van der Waals surface area contributed by atoms with Gasteiger partial charge in [-0.1, -0.05) is 0 Å². The lowest BCUT2D eigenvalue weighted by Gasteiger charge is -2.03. The van der Waals surface area contributed by atoms with Crippen molar-refractivity contribution in [3.05, 3.63) is 23.3 Å². The number of aromatic carboxylic acids is 2. The molecule has 0 aliphatic carbocycles. The highest BCUT2D eigenvalue weighted by molar-refractivity contribution is 6.02. The summed E-state index contributed by atoms with van der Waals surface area (Å²) in [6, 6.07) is 1.36. The van der Waals surface area contributed by atoms with Crippen LogP contribution in [0.4, 0.5) is 0 Å². The van der Waals surface area contributed by atoms with E-state index in [1.165, 1.54) is 0 Å². The van der Waals surface area contributed by atoms with Gasteiger partial charge in [-0.2, -0.15) is 0 Å². The van der Waals surface area contributed by atoms with Crippen LogP contribution in [0, 0.1) is 0 Å². The minimum Gasteiger partial charge on any atom is -0.504 e. The third-order valence-electron chi connectivity index (χ3n) is 1.58. The van der Waals surface area contributed by atoms with Gasteiger partial charge in [-0.15, -0.1) is 0 Å². The molecular formula is C8H6O6. The van der Waals surface area contributed by atoms with Gasteiger partial charge in [-0.05, 0) is 12.1 Å². The van der Waals surface area contributed by atoms with E-state index in [9.17, 15) is 9.59 Å². The summed E-state index contributed by atoms with van der Waals surface area (Å²) in [6.07, 6.45) is 0. The van der Waals surface area contributed by atoms with E-state index in [-0.39, 0.29) is 0 Å². The minimum absolute atomic E-state index is 0.576. The van der Waals surface area contributed by atoms with Gasteiger partial charge < -0.3 is 20.4 Å². The molecule has 1 aromatic rings. The number of rotatable bonds is 2. The molecule has 1 aromatic carbocycles. The van der Waals surface area contributed by atoms with E-state index < -0.39 is 34.6 Å². The molecule has 0 saturated carbocycles. The van der Waals surface area contributed by atoms with Crippen LogP contribution in [0.15, 0.2) is 12.1 Å². The van der Waals surface area contributed by atoms with Crippen LogP contribution in [0.5, 0.6) is 11.5 Å². The summed E-state index contributed by atoms with van der Waals surface area (Å²) in [7, 11) is 0. The maximum absolute atomic E-state index is 10.5. The van der Waals surface area contributed by atoms with Crippen LogP contribution in [0.2, 0.25) is 0 Å². The molecule has 0 fully saturated rings. The molecule has 0 amide bonds. The van der Waals surface area contributed by atoms with Crippen molar-refractivity contribution in [1.82, 2.24) is 0 Å². The second-order valence-electron chi connectivity index (χ2n) is 2.50. The van der Waals surface area contributed by atoms with Crippen LogP contribution in [-0.2, 0) is 0 Å². The highest BCUT2D eigenvalue weighted by Crippen LogP contribution is 2.28. The summed E-state index contributed by atoms with van der Waals surface area (Å²) < 4.78 is 0. The Morgan fingerprint density at radius 1 is 0.857 bits per heavy atom. The number of carboxylic acids is 2. The fraction of sp³-hybridized carbons (Fsp3) is 0. The van der Waals surface area contributed by atoms with Crippen molar-refractivity contribution >= 4 is 11.9 Å². The minimum atomic E-state index is -1.49. The highest BCUT2D eigenvalue weighted by atomic mass is 16.4. The van der Waals surface area contributed by atoms with Crippen LogP contribution in [0.3, 0.4) is 0 Å². The van der Waals surface area contributed by atoms with E-state index in [1.807, 2.05) is 0 Å². The topological polar surface area (TPSA) is 115 Å². The fourth-order valence-corrected chi connectivity index (χ4v) is 0.931. The molecule has 0 aliphatic heterocycles. The van der Waals surface area contributed by atoms with Crippen molar-refractivity contribution in [2.75, 3.05) is 0 Å². The van der Waals surface area contributed by atoms with Gasteiger partial charge >= 0.3 is 11.9 Å². The average molecular weight is 198 g/mol. The Balaban J connectivity index is 3.46. The van der Waals surface area contributed by atoms with E-state index in [1.54, 1.807) is 0 Å². The van der Waals surface area contributed by atoms with Gasteiger partial charge in [0.2, 0.25) is 0 Å². The molecule has 1 rings (SSSR count). The van der Waals surface area contributed by atoms with Gasteiger partial charge in [-0.25, -0.2) is 9.59 Å². The van der Waals surface area contributed by atoms with Crippen molar-refractivity contribution < 1.29 is 30.0 Å². The molecule has 14 heavy (non-hydrogen) atoms. The lowest BCUT2D eigenvalue weighted by molar-refractivity contribution is 0.0651. The molecule has 74 valence electrons. The first kappa shape index (κ1) is 9.85. The zero-order chi connectivity index (χ0) is 10.9. The van der Waals surface area contributed by atoms with Crippen LogP contribution in [0.1, 0.15) is 20.7 Å². The van der Waals surface area contributed by atoms with Gasteiger partial charge in [0.1, 0.15) is 0 Å². The van der Waals surface area contributed by atoms with E-state index in [4.69, 9.17) is 20.4 Å². The molecule has 4 N–H and O–H groups in total. The van der Waals surface area contributed by atoms with Crippen LogP contribution >= 0.6 is 0 Å². The van der Waals surface area contributed by atoms with Crippen molar-refractivity contribution in [3.63, 3.8) is 0 Å². The summed E-state index contributed by atoms with van der Waals surface area (Å²) >= 11 is 0. The molecule has 0 heterocycles. The molecule has 6 nitrogen and oxygen atoms in total. The molecule has 0 spiro atoms. The first-order valence-corrected chi connectivity index (χ1v) is 3.46. The first-order valence-electron chi connectivity index (χ1n) is 3.46. The lowest BCUT2D eigenvalue weighted by atomic mass is 10.1. The Hall–Kier alpha value is -2.24. The molecule has 0 aromatic heterocycles. The highest BCUT2D eigenvalue weighted by Gasteiger charge is 2.18. The second kappa shape index (κ2) is 3.25. The Bertz CT molecular complexity index is 370. The quantitative estimate of drug-likeness (QED) is 0.514. The number of phenolic OH excluding ortho intramolecular Hbond substituents is 2. The average Bonchev–Trinajstić information content (AvgIpc) is 2.08. The third-order valence-corrected chi connectivity index (χ3v) is 1.58. The fourth-order valence-electron chi connectivity index (χ4n) is 0.931. The molecule has 0 aliphatic rings. The standard InChI is InChI=1S/C8H6O6/c9-5-1-3(7(11)12)4(8(13)14)2-6(5)10/h1-2,9-10H,(H,11,12)(H,13,14). The number of carboxylic acid groups (broad SMARTS) is 2. The van der Waals surface area contributed by atoms with Crippen molar-refractivity contribution in [2.24, 2.45) is 0 Å². The Morgan fingerprint density at radius 3 is 1.36 bits per heavy atom. The van der Waals surface area contributed by atoms with Crippen LogP contribution in [0.25, 0.3) is 0 Å². The van der Waals surface area contributed by atoms with Crippen molar-refractivity contribution in [2.45, 2.75) is 0 Å². The molecule has 0 saturated heterocycles. The SMILES string of the molecule is O=C(O)c1cc(O)c(O)cc1C(=O)O. The van der Waals surface area contributed by atoms with Gasteiger partial charge in [0.25, 0.3) is 0 Å². The molecule has 0 bridgehead atoms. The number of benzene rings is 1. The Kier molecular flexibility index (Phi) is 2.29. The summed E-state index contributed by atoms with van der Waals surface area (Å²) in [6.45, 7) is 0. The van der Waals surface area contributed by atoms with Crippen LogP contribution in [-0.4, -0.2) is 32.4 Å². The van der Waals surface area contributed by atoms with E-state index >= 15 is 0 Å². The van der Waals surface area contributed by atoms with Gasteiger partial charge in [0.05, 0.1) is 11.1 Å². The Labute approximate surface area is 77.7 Å². The molecular weight excluding hydrogens is 192 g/mol. The number of aromatic hydroxyl groups is 2. The molecule has 0 atom stereocenters. The summed E-state index contributed by atoms with van der Waals surface area (Å²) in [5, 5.41) is 35.0. The predicted molar refractivity (Wildman–Crippen MR) is 43.7 cm³/mol. The van der Waals surface area contributed by atoms with Gasteiger partial charge in [-0.3, -0.25) is 0 Å². The zero-order valence-electron chi connectivity index (χ0n) is 6.76. The predicted octanol–water partition coefficient (Wildman–Crippen LogP) is 0.494. The smallest absolute Gasteiger partial charge is 0.336 e. The second-order valence-corrected chi connectivity index (χ2v) is 2.50. The monoisotopic (exact) mass is 198 g/mol. The maximum atomic E-state index is 10.5. The van der Waals surface area contributed by atoms with E-state index in [2.05, 4.69) is 0 Å². The Morgan fingerprint density at radius 2 is 1.14 bits per heavy atom. The van der Waals surface area contributed by atoms with Crippen molar-refractivity contribution in [1.29, 1.82) is 0 Å². The number of hydrogen-bond donors (Lipinski definition) is 4. The molecule has 0 radical (unpaired) electrons. The molecule has 6 heteroatoms. The van der Waals surface area contributed by atoms with E-state index in [0.29, 0.717) is 12.1 Å². The summed E-state index contributed by atoms with van der Waals surface area (Å²) in [5.74, 6) is -4.32. The largest absolute Gasteiger partial charge is 0.504 e. The zero-order valence-corrected chi connectivity index (χ0v) is 6.76. The van der Waals surface area contributed by atoms with E-state index in [0.717, 1.165) is 0 Å². The van der Waals surface area contributed by atoms with Crippen molar-refractivity contribution in [3.8, 4) is 11.5 Å². The molecule has 0 unspecified atom stereocenters.